The molecule has 0 heterocycles. The van der Waals surface area contributed by atoms with Crippen LogP contribution in [0, 0.1) is 0 Å². The van der Waals surface area contributed by atoms with Crippen LogP contribution in [0.15, 0.2) is 43.0 Å². The quantitative estimate of drug-likeness (QED) is 0.578. The predicted octanol–water partition coefficient (Wildman–Crippen LogP) is 2.63. The summed E-state index contributed by atoms with van der Waals surface area (Å²) in [6.45, 7) is 8.01. The second-order valence-electron chi connectivity index (χ2n) is 4.29. The van der Waals surface area contributed by atoms with Crippen molar-refractivity contribution in [3.05, 3.63) is 43.0 Å². The van der Waals surface area contributed by atoms with Gasteiger partial charge in [0, 0.05) is 12.2 Å². The van der Waals surface area contributed by atoms with Crippen molar-refractivity contribution in [3.63, 3.8) is 0 Å². The molecule has 0 amide bonds. The molecule has 0 unspecified atom stereocenters. The highest BCUT2D eigenvalue weighted by Crippen LogP contribution is 2.24. The maximum atomic E-state index is 11.8. The Kier molecular flexibility index (Phi) is 4.32. The zero-order valence-corrected chi connectivity index (χ0v) is 10.6. The molecule has 0 radical (unpaired) electrons. The van der Waals surface area contributed by atoms with Crippen molar-refractivity contribution in [1.29, 1.82) is 0 Å². The SMILES string of the molecule is C=CCN(c1ccccc1)C(C)(C)C(=O)OC. The van der Waals surface area contributed by atoms with Gasteiger partial charge in [-0.2, -0.15) is 0 Å². The Balaban J connectivity index is 3.09. The Hall–Kier alpha value is -1.77. The summed E-state index contributed by atoms with van der Waals surface area (Å²) in [6.07, 6.45) is 1.78. The monoisotopic (exact) mass is 233 g/mol. The van der Waals surface area contributed by atoms with Gasteiger partial charge in [0.2, 0.25) is 0 Å². The summed E-state index contributed by atoms with van der Waals surface area (Å²) in [6, 6.07) is 9.76. The van der Waals surface area contributed by atoms with Crippen LogP contribution >= 0.6 is 0 Å². The number of ether oxygens (including phenoxy) is 1. The first-order valence-electron chi connectivity index (χ1n) is 5.56. The molecule has 3 nitrogen and oxygen atoms in total. The van der Waals surface area contributed by atoms with E-state index in [0.29, 0.717) is 6.54 Å². The van der Waals surface area contributed by atoms with Crippen LogP contribution in [0.25, 0.3) is 0 Å². The third kappa shape index (κ3) is 2.87. The summed E-state index contributed by atoms with van der Waals surface area (Å²) in [5.41, 5.74) is 0.257. The molecular formula is C14H19NO2. The maximum absolute atomic E-state index is 11.8. The molecule has 0 N–H and O–H groups in total. The van der Waals surface area contributed by atoms with Crippen molar-refractivity contribution in [2.24, 2.45) is 0 Å². The number of hydrogen-bond acceptors (Lipinski definition) is 3. The second-order valence-corrected chi connectivity index (χ2v) is 4.29. The summed E-state index contributed by atoms with van der Waals surface area (Å²) in [5, 5.41) is 0. The van der Waals surface area contributed by atoms with Crippen LogP contribution in [-0.4, -0.2) is 25.2 Å². The maximum Gasteiger partial charge on any atom is 0.331 e. The molecule has 1 rings (SSSR count). The second kappa shape index (κ2) is 5.53. The van der Waals surface area contributed by atoms with Crippen LogP contribution in [-0.2, 0) is 9.53 Å². The van der Waals surface area contributed by atoms with Crippen molar-refractivity contribution < 1.29 is 9.53 Å². The smallest absolute Gasteiger partial charge is 0.331 e. The fourth-order valence-corrected chi connectivity index (χ4v) is 1.75. The lowest BCUT2D eigenvalue weighted by molar-refractivity contribution is -0.145. The summed E-state index contributed by atoms with van der Waals surface area (Å²) in [4.78, 5) is 13.8. The number of anilines is 1. The lowest BCUT2D eigenvalue weighted by Crippen LogP contribution is -2.51. The van der Waals surface area contributed by atoms with Crippen molar-refractivity contribution in [2.45, 2.75) is 19.4 Å². The number of carbonyl (C=O) groups excluding carboxylic acids is 1. The molecule has 3 heteroatoms. The Morgan fingerprint density at radius 2 is 2.00 bits per heavy atom. The zero-order chi connectivity index (χ0) is 12.9. The molecular weight excluding hydrogens is 214 g/mol. The molecule has 0 spiro atoms. The fourth-order valence-electron chi connectivity index (χ4n) is 1.75. The summed E-state index contributed by atoms with van der Waals surface area (Å²) >= 11 is 0. The predicted molar refractivity (Wildman–Crippen MR) is 70.1 cm³/mol. The lowest BCUT2D eigenvalue weighted by atomic mass is 10.0. The Labute approximate surface area is 103 Å². The minimum Gasteiger partial charge on any atom is -0.467 e. The van der Waals surface area contributed by atoms with Crippen molar-refractivity contribution in [3.8, 4) is 0 Å². The molecule has 0 fully saturated rings. The Bertz CT molecular complexity index is 384. The molecule has 0 saturated heterocycles. The third-order valence-electron chi connectivity index (χ3n) is 2.74. The van der Waals surface area contributed by atoms with E-state index in [9.17, 15) is 4.79 Å². The van der Waals surface area contributed by atoms with Gasteiger partial charge in [0.05, 0.1) is 7.11 Å². The van der Waals surface area contributed by atoms with Gasteiger partial charge in [-0.05, 0) is 26.0 Å². The summed E-state index contributed by atoms with van der Waals surface area (Å²) in [7, 11) is 1.40. The van der Waals surface area contributed by atoms with Gasteiger partial charge in [0.1, 0.15) is 5.54 Å². The van der Waals surface area contributed by atoms with E-state index in [4.69, 9.17) is 4.74 Å². The Morgan fingerprint density at radius 3 is 2.47 bits per heavy atom. The van der Waals surface area contributed by atoms with Gasteiger partial charge in [0.25, 0.3) is 0 Å². The van der Waals surface area contributed by atoms with Crippen LogP contribution in [0.2, 0.25) is 0 Å². The number of carbonyl (C=O) groups is 1. The number of benzene rings is 1. The number of hydrogen-bond donors (Lipinski definition) is 0. The number of methoxy groups -OCH3 is 1. The first-order valence-corrected chi connectivity index (χ1v) is 5.56. The van der Waals surface area contributed by atoms with Crippen LogP contribution in [0.3, 0.4) is 0 Å². The Morgan fingerprint density at radius 1 is 1.41 bits per heavy atom. The molecule has 0 aliphatic carbocycles. The van der Waals surface area contributed by atoms with E-state index in [-0.39, 0.29) is 5.97 Å². The van der Waals surface area contributed by atoms with Gasteiger partial charge in [-0.3, -0.25) is 0 Å². The molecule has 0 aliphatic rings. The third-order valence-corrected chi connectivity index (χ3v) is 2.74. The lowest BCUT2D eigenvalue weighted by Gasteiger charge is -2.37. The van der Waals surface area contributed by atoms with Crippen LogP contribution in [0.4, 0.5) is 5.69 Å². The van der Waals surface area contributed by atoms with Gasteiger partial charge in [0.15, 0.2) is 0 Å². The first kappa shape index (κ1) is 13.3. The van der Waals surface area contributed by atoms with E-state index in [1.165, 1.54) is 7.11 Å². The van der Waals surface area contributed by atoms with E-state index in [1.807, 2.05) is 49.1 Å². The first-order chi connectivity index (χ1) is 8.04. The topological polar surface area (TPSA) is 29.5 Å². The van der Waals surface area contributed by atoms with E-state index in [0.717, 1.165) is 5.69 Å². The minimum absolute atomic E-state index is 0.261. The molecule has 1 aromatic carbocycles. The molecule has 0 bridgehead atoms. The number of rotatable bonds is 5. The van der Waals surface area contributed by atoms with E-state index in [2.05, 4.69) is 6.58 Å². The van der Waals surface area contributed by atoms with Gasteiger partial charge in [-0.15, -0.1) is 6.58 Å². The number of nitrogens with zero attached hydrogens (tertiary/aromatic N) is 1. The molecule has 0 aromatic heterocycles. The van der Waals surface area contributed by atoms with Gasteiger partial charge >= 0.3 is 5.97 Å². The molecule has 17 heavy (non-hydrogen) atoms. The molecule has 0 saturated carbocycles. The zero-order valence-electron chi connectivity index (χ0n) is 10.6. The van der Waals surface area contributed by atoms with Crippen LogP contribution in [0.5, 0.6) is 0 Å². The van der Waals surface area contributed by atoms with Crippen molar-refractivity contribution in [1.82, 2.24) is 0 Å². The molecule has 1 aromatic rings. The average Bonchev–Trinajstić information content (AvgIpc) is 2.35. The normalized spacial score (nSPS) is 10.8. The van der Waals surface area contributed by atoms with Gasteiger partial charge in [-0.25, -0.2) is 4.79 Å². The number of esters is 1. The molecule has 0 aliphatic heterocycles. The van der Waals surface area contributed by atoms with Crippen molar-refractivity contribution >= 4 is 11.7 Å². The average molecular weight is 233 g/mol. The summed E-state index contributed by atoms with van der Waals surface area (Å²) < 4.78 is 4.85. The van der Waals surface area contributed by atoms with Gasteiger partial charge in [-0.1, -0.05) is 24.3 Å². The summed E-state index contributed by atoms with van der Waals surface area (Å²) in [5.74, 6) is -0.261. The van der Waals surface area contributed by atoms with E-state index >= 15 is 0 Å². The molecule has 92 valence electrons. The molecule has 0 atom stereocenters. The standard InChI is InChI=1S/C14H19NO2/c1-5-11-15(12-9-7-6-8-10-12)14(2,3)13(16)17-4/h5-10H,1,11H2,2-4H3. The minimum atomic E-state index is -0.718. The van der Waals surface area contributed by atoms with E-state index < -0.39 is 5.54 Å². The van der Waals surface area contributed by atoms with Crippen LogP contribution in [0.1, 0.15) is 13.8 Å². The highest BCUT2D eigenvalue weighted by molar-refractivity contribution is 5.84. The largest absolute Gasteiger partial charge is 0.467 e. The number of para-hydroxylation sites is 1. The van der Waals surface area contributed by atoms with E-state index in [1.54, 1.807) is 6.08 Å². The van der Waals surface area contributed by atoms with Gasteiger partial charge < -0.3 is 9.64 Å². The van der Waals surface area contributed by atoms with Crippen LogP contribution < -0.4 is 4.90 Å². The van der Waals surface area contributed by atoms with Crippen molar-refractivity contribution in [2.75, 3.05) is 18.6 Å². The highest BCUT2D eigenvalue weighted by atomic mass is 16.5. The highest BCUT2D eigenvalue weighted by Gasteiger charge is 2.35. The fraction of sp³-hybridized carbons (Fsp3) is 0.357.